The number of aryl methyl sites for hydroxylation is 1. The molecule has 1 rings (SSSR count). The van der Waals surface area contributed by atoms with Crippen LogP contribution in [0.3, 0.4) is 0 Å². The molecule has 0 bridgehead atoms. The highest BCUT2D eigenvalue weighted by molar-refractivity contribution is 7.06. The first-order valence-electron chi connectivity index (χ1n) is 2.51. The number of aromatic nitrogens is 1. The molecule has 0 aromatic carbocycles. The largest absolute Gasteiger partial charge is 0.479 e. The Labute approximate surface area is 57.6 Å². The molecular formula is C5H8N2OS. The van der Waals surface area contributed by atoms with Gasteiger partial charge in [-0.1, -0.05) is 0 Å². The van der Waals surface area contributed by atoms with Crippen molar-refractivity contribution in [1.82, 2.24) is 4.37 Å². The summed E-state index contributed by atoms with van der Waals surface area (Å²) in [6, 6.07) is 0. The van der Waals surface area contributed by atoms with Gasteiger partial charge in [0.2, 0.25) is 5.88 Å². The quantitative estimate of drug-likeness (QED) is 0.640. The van der Waals surface area contributed by atoms with Gasteiger partial charge in [-0.05, 0) is 18.5 Å². The second kappa shape index (κ2) is 2.23. The SMILES string of the molecule is COc1nsc(C)c1N. The maximum Gasteiger partial charge on any atom is 0.248 e. The predicted octanol–water partition coefficient (Wildman–Crippen LogP) is 1.04. The van der Waals surface area contributed by atoms with Crippen LogP contribution in [0.25, 0.3) is 0 Å². The zero-order chi connectivity index (χ0) is 6.85. The molecule has 0 aliphatic rings. The van der Waals surface area contributed by atoms with Crippen LogP contribution >= 0.6 is 11.5 Å². The van der Waals surface area contributed by atoms with Gasteiger partial charge in [0.15, 0.2) is 0 Å². The van der Waals surface area contributed by atoms with Crippen molar-refractivity contribution in [2.75, 3.05) is 12.8 Å². The number of hydrogen-bond acceptors (Lipinski definition) is 4. The van der Waals surface area contributed by atoms with Crippen molar-refractivity contribution in [2.45, 2.75) is 6.92 Å². The summed E-state index contributed by atoms with van der Waals surface area (Å²) in [5.74, 6) is 0.539. The van der Waals surface area contributed by atoms with Crippen molar-refractivity contribution in [2.24, 2.45) is 0 Å². The second-order valence-electron chi connectivity index (χ2n) is 1.66. The number of methoxy groups -OCH3 is 1. The summed E-state index contributed by atoms with van der Waals surface area (Å²) >= 11 is 1.36. The van der Waals surface area contributed by atoms with Crippen LogP contribution in [-0.4, -0.2) is 11.5 Å². The van der Waals surface area contributed by atoms with Crippen LogP contribution in [0.5, 0.6) is 5.88 Å². The molecule has 0 saturated carbocycles. The molecule has 0 radical (unpaired) electrons. The summed E-state index contributed by atoms with van der Waals surface area (Å²) in [4.78, 5) is 1.01. The average molecular weight is 144 g/mol. The molecule has 0 spiro atoms. The monoisotopic (exact) mass is 144 g/mol. The third-order valence-electron chi connectivity index (χ3n) is 1.07. The zero-order valence-electron chi connectivity index (χ0n) is 5.34. The van der Waals surface area contributed by atoms with Crippen LogP contribution in [0, 0.1) is 6.92 Å². The van der Waals surface area contributed by atoms with Gasteiger partial charge in [-0.15, -0.1) is 0 Å². The Morgan fingerprint density at radius 3 is 2.56 bits per heavy atom. The van der Waals surface area contributed by atoms with Gasteiger partial charge in [-0.25, -0.2) is 0 Å². The summed E-state index contributed by atoms with van der Waals surface area (Å²) < 4.78 is 8.77. The van der Waals surface area contributed by atoms with E-state index in [0.29, 0.717) is 11.6 Å². The standard InChI is InChI=1S/C5H8N2OS/c1-3-4(6)5(8-2)7-9-3/h6H2,1-2H3. The summed E-state index contributed by atoms with van der Waals surface area (Å²) in [7, 11) is 1.56. The number of nitrogen functional groups attached to an aromatic ring is 1. The van der Waals surface area contributed by atoms with Gasteiger partial charge in [0, 0.05) is 4.88 Å². The van der Waals surface area contributed by atoms with Crippen LogP contribution in [0.2, 0.25) is 0 Å². The highest BCUT2D eigenvalue weighted by Crippen LogP contribution is 2.26. The predicted molar refractivity (Wildman–Crippen MR) is 37.8 cm³/mol. The lowest BCUT2D eigenvalue weighted by atomic mass is 10.4. The summed E-state index contributed by atoms with van der Waals surface area (Å²) in [6.07, 6.45) is 0. The van der Waals surface area contributed by atoms with Crippen molar-refractivity contribution in [3.63, 3.8) is 0 Å². The zero-order valence-corrected chi connectivity index (χ0v) is 6.16. The fourth-order valence-electron chi connectivity index (χ4n) is 0.506. The van der Waals surface area contributed by atoms with Gasteiger partial charge in [0.25, 0.3) is 0 Å². The van der Waals surface area contributed by atoms with E-state index in [-0.39, 0.29) is 0 Å². The van der Waals surface area contributed by atoms with E-state index in [4.69, 9.17) is 10.5 Å². The lowest BCUT2D eigenvalue weighted by molar-refractivity contribution is 0.405. The van der Waals surface area contributed by atoms with Crippen molar-refractivity contribution in [3.8, 4) is 5.88 Å². The summed E-state index contributed by atoms with van der Waals surface area (Å²) in [5, 5.41) is 0. The van der Waals surface area contributed by atoms with Crippen molar-refractivity contribution in [3.05, 3.63) is 4.88 Å². The van der Waals surface area contributed by atoms with Crippen LogP contribution in [0.1, 0.15) is 4.88 Å². The molecule has 4 heteroatoms. The molecule has 1 heterocycles. The molecule has 0 atom stereocenters. The van der Waals surface area contributed by atoms with E-state index in [9.17, 15) is 0 Å². The Bertz CT molecular complexity index is 209. The van der Waals surface area contributed by atoms with E-state index in [1.54, 1.807) is 7.11 Å². The van der Waals surface area contributed by atoms with E-state index in [0.717, 1.165) is 4.88 Å². The van der Waals surface area contributed by atoms with Crippen LogP contribution in [0.15, 0.2) is 0 Å². The van der Waals surface area contributed by atoms with Crippen molar-refractivity contribution in [1.29, 1.82) is 0 Å². The first-order valence-corrected chi connectivity index (χ1v) is 3.28. The van der Waals surface area contributed by atoms with E-state index in [1.165, 1.54) is 11.5 Å². The van der Waals surface area contributed by atoms with Gasteiger partial charge < -0.3 is 10.5 Å². The van der Waals surface area contributed by atoms with Gasteiger partial charge in [-0.2, -0.15) is 4.37 Å². The fourth-order valence-corrected chi connectivity index (χ4v) is 1.08. The highest BCUT2D eigenvalue weighted by Gasteiger charge is 2.04. The molecule has 2 N–H and O–H groups in total. The molecule has 0 fully saturated rings. The third-order valence-corrected chi connectivity index (χ3v) is 1.82. The number of hydrogen-bond donors (Lipinski definition) is 1. The maximum atomic E-state index is 5.54. The topological polar surface area (TPSA) is 48.1 Å². The minimum Gasteiger partial charge on any atom is -0.479 e. The molecule has 0 saturated heterocycles. The van der Waals surface area contributed by atoms with E-state index < -0.39 is 0 Å². The first-order chi connectivity index (χ1) is 4.25. The molecule has 0 aliphatic heterocycles. The number of rotatable bonds is 1. The van der Waals surface area contributed by atoms with Crippen LogP contribution < -0.4 is 10.5 Å². The summed E-state index contributed by atoms with van der Waals surface area (Å²) in [5.41, 5.74) is 6.19. The molecule has 0 aliphatic carbocycles. The van der Waals surface area contributed by atoms with Crippen molar-refractivity contribution >= 4 is 17.2 Å². The van der Waals surface area contributed by atoms with Crippen LogP contribution in [-0.2, 0) is 0 Å². The fraction of sp³-hybridized carbons (Fsp3) is 0.400. The van der Waals surface area contributed by atoms with E-state index >= 15 is 0 Å². The maximum absolute atomic E-state index is 5.54. The summed E-state index contributed by atoms with van der Waals surface area (Å²) in [6.45, 7) is 1.91. The normalized spacial score (nSPS) is 9.56. The number of nitrogens with zero attached hydrogens (tertiary/aromatic N) is 1. The van der Waals surface area contributed by atoms with E-state index in [2.05, 4.69) is 4.37 Å². The third kappa shape index (κ3) is 0.977. The van der Waals surface area contributed by atoms with Crippen LogP contribution in [0.4, 0.5) is 5.69 Å². The minimum atomic E-state index is 0.539. The molecule has 0 unspecified atom stereocenters. The lowest BCUT2D eigenvalue weighted by Crippen LogP contribution is -1.89. The average Bonchev–Trinajstić information content (AvgIpc) is 2.15. The Balaban J connectivity index is 3.04. The molecular weight excluding hydrogens is 136 g/mol. The smallest absolute Gasteiger partial charge is 0.248 e. The first kappa shape index (κ1) is 6.35. The Morgan fingerprint density at radius 1 is 1.67 bits per heavy atom. The number of ether oxygens (including phenoxy) is 1. The number of anilines is 1. The number of nitrogens with two attached hydrogens (primary N) is 1. The molecule has 0 amide bonds. The Hall–Kier alpha value is -0.770. The minimum absolute atomic E-state index is 0.539. The second-order valence-corrected chi connectivity index (χ2v) is 2.64. The molecule has 1 aromatic heterocycles. The van der Waals surface area contributed by atoms with Crippen molar-refractivity contribution < 1.29 is 4.74 Å². The van der Waals surface area contributed by atoms with Gasteiger partial charge in [0.05, 0.1) is 7.11 Å². The lowest BCUT2D eigenvalue weighted by Gasteiger charge is -1.92. The highest BCUT2D eigenvalue weighted by atomic mass is 32.1. The van der Waals surface area contributed by atoms with Gasteiger partial charge >= 0.3 is 0 Å². The Kier molecular flexibility index (Phi) is 1.57. The Morgan fingerprint density at radius 2 is 2.33 bits per heavy atom. The van der Waals surface area contributed by atoms with Gasteiger partial charge in [0.1, 0.15) is 5.69 Å². The molecule has 3 nitrogen and oxygen atoms in total. The van der Waals surface area contributed by atoms with E-state index in [1.807, 2.05) is 6.92 Å². The molecule has 50 valence electrons. The molecule has 1 aromatic rings. The van der Waals surface area contributed by atoms with Gasteiger partial charge in [-0.3, -0.25) is 0 Å². The molecule has 9 heavy (non-hydrogen) atoms.